The predicted molar refractivity (Wildman–Crippen MR) is 122 cm³/mol. The van der Waals surface area contributed by atoms with Gasteiger partial charge in [0.25, 0.3) is 15.9 Å². The summed E-state index contributed by atoms with van der Waals surface area (Å²) < 4.78 is 35.7. The number of carbonyl (C=O) groups excluding carboxylic acids is 1. The number of nitrogens with zero attached hydrogens (tertiary/aromatic N) is 2. The smallest absolute Gasteiger partial charge is 0.289 e. The topological polar surface area (TPSA) is 123 Å². The number of rotatable bonds is 8. The molecule has 0 unspecified atom stereocenters. The maximum atomic E-state index is 12.7. The molecule has 0 saturated heterocycles. The second kappa shape index (κ2) is 9.71. The second-order valence-electron chi connectivity index (χ2n) is 6.70. The molecule has 4 rings (SSSR count). The van der Waals surface area contributed by atoms with E-state index in [9.17, 15) is 13.2 Å². The van der Waals surface area contributed by atoms with Crippen molar-refractivity contribution in [2.45, 2.75) is 18.4 Å². The van der Waals surface area contributed by atoms with Crippen LogP contribution in [0, 0.1) is 6.92 Å². The van der Waals surface area contributed by atoms with Crippen LogP contribution in [0.2, 0.25) is 5.02 Å². The van der Waals surface area contributed by atoms with Gasteiger partial charge in [-0.1, -0.05) is 35.0 Å². The summed E-state index contributed by atoms with van der Waals surface area (Å²) in [6.07, 6.45) is 0. The van der Waals surface area contributed by atoms with Gasteiger partial charge in [0.2, 0.25) is 0 Å². The van der Waals surface area contributed by atoms with Crippen molar-refractivity contribution in [2.75, 3.05) is 0 Å². The molecule has 9 nitrogen and oxygen atoms in total. The third-order valence-electron chi connectivity index (χ3n) is 4.41. The summed E-state index contributed by atoms with van der Waals surface area (Å²) in [5.74, 6) is 0.277. The Morgan fingerprint density at radius 2 is 1.88 bits per heavy atom. The van der Waals surface area contributed by atoms with Crippen LogP contribution in [0.15, 0.2) is 69.4 Å². The third kappa shape index (κ3) is 5.40. The zero-order chi connectivity index (χ0) is 23.4. The molecule has 12 heteroatoms. The van der Waals surface area contributed by atoms with Crippen LogP contribution >= 0.6 is 22.9 Å². The summed E-state index contributed by atoms with van der Waals surface area (Å²) in [4.78, 5) is 19.1. The second-order valence-corrected chi connectivity index (χ2v) is 9.77. The highest BCUT2D eigenvalue weighted by atomic mass is 35.5. The fourth-order valence-corrected chi connectivity index (χ4v) is 4.49. The molecule has 2 N–H and O–H groups in total. The van der Waals surface area contributed by atoms with Gasteiger partial charge in [0.15, 0.2) is 5.69 Å². The minimum Gasteiger partial charge on any atom is -0.486 e. The van der Waals surface area contributed by atoms with Crippen LogP contribution in [0.1, 0.15) is 21.3 Å². The van der Waals surface area contributed by atoms with Gasteiger partial charge in [-0.05, 0) is 43.3 Å². The summed E-state index contributed by atoms with van der Waals surface area (Å²) >= 11 is 7.14. The van der Waals surface area contributed by atoms with Gasteiger partial charge < -0.3 is 9.26 Å². The normalized spacial score (nSPS) is 11.3. The first-order chi connectivity index (χ1) is 15.8. The van der Waals surface area contributed by atoms with Crippen molar-refractivity contribution in [3.05, 3.63) is 81.5 Å². The molecule has 0 aliphatic heterocycles. The Morgan fingerprint density at radius 1 is 1.15 bits per heavy atom. The molecule has 33 heavy (non-hydrogen) atoms. The molecule has 0 fully saturated rings. The lowest BCUT2D eigenvalue weighted by molar-refractivity contribution is 0.0936. The molecule has 4 aromatic rings. The van der Waals surface area contributed by atoms with E-state index >= 15 is 0 Å². The van der Waals surface area contributed by atoms with Crippen molar-refractivity contribution in [3.8, 4) is 17.0 Å². The maximum Gasteiger partial charge on any atom is 0.289 e. The van der Waals surface area contributed by atoms with Gasteiger partial charge in [-0.2, -0.15) is 0 Å². The molecular weight excluding hydrogens is 488 g/mol. The van der Waals surface area contributed by atoms with E-state index in [0.29, 0.717) is 32.8 Å². The van der Waals surface area contributed by atoms with Crippen molar-refractivity contribution < 1.29 is 22.5 Å². The van der Waals surface area contributed by atoms with E-state index in [0.717, 1.165) is 0 Å². The number of halogens is 1. The van der Waals surface area contributed by atoms with Gasteiger partial charge in [0.1, 0.15) is 23.1 Å². The maximum absolute atomic E-state index is 12.7. The number of ether oxygens (including phenoxy) is 1. The van der Waals surface area contributed by atoms with E-state index in [1.165, 1.54) is 35.6 Å². The van der Waals surface area contributed by atoms with Gasteiger partial charge in [0.05, 0.1) is 16.2 Å². The Morgan fingerprint density at radius 3 is 2.61 bits per heavy atom. The average molecular weight is 505 g/mol. The number of thiazole rings is 1. The van der Waals surface area contributed by atoms with Crippen molar-refractivity contribution >= 4 is 38.9 Å². The summed E-state index contributed by atoms with van der Waals surface area (Å²) in [6.45, 7) is 1.89. The van der Waals surface area contributed by atoms with Crippen molar-refractivity contribution in [1.82, 2.24) is 20.4 Å². The number of aromatic nitrogens is 2. The van der Waals surface area contributed by atoms with Crippen molar-refractivity contribution in [3.63, 3.8) is 0 Å². The fraction of sp³-hybridized carbons (Fsp3) is 0.0952. The summed E-state index contributed by atoms with van der Waals surface area (Å²) in [5, 5.41) is 6.59. The summed E-state index contributed by atoms with van der Waals surface area (Å²) in [5.41, 5.74) is 2.87. The number of sulfonamides is 1. The molecule has 1 amide bonds. The van der Waals surface area contributed by atoms with Crippen LogP contribution in [-0.4, -0.2) is 24.5 Å². The standard InChI is InChI=1S/C21H17ClN4O5S2/c1-13-19(17-12-32-18(23-17)11-30-15-5-3-2-4-6-15)20(25-31-13)21(27)24-26-33(28,29)16-9-7-14(22)8-10-16/h2-10,12,26H,11H2,1H3,(H,24,27). The van der Waals surface area contributed by atoms with Crippen molar-refractivity contribution in [1.29, 1.82) is 0 Å². The summed E-state index contributed by atoms with van der Waals surface area (Å²) in [7, 11) is -4.01. The minimum absolute atomic E-state index is 0.0636. The first kappa shape index (κ1) is 22.9. The van der Waals surface area contributed by atoms with E-state index in [4.69, 9.17) is 20.9 Å². The molecule has 0 aliphatic carbocycles. The lowest BCUT2D eigenvalue weighted by Gasteiger charge is -2.08. The van der Waals surface area contributed by atoms with Crippen LogP contribution in [0.25, 0.3) is 11.3 Å². The molecule has 2 aromatic heterocycles. The third-order valence-corrected chi connectivity index (χ3v) is 6.75. The number of benzene rings is 2. The molecular formula is C21H17ClN4O5S2. The monoisotopic (exact) mass is 504 g/mol. The molecule has 0 bridgehead atoms. The minimum atomic E-state index is -4.01. The van der Waals surface area contributed by atoms with Crippen LogP contribution in [0.3, 0.4) is 0 Å². The molecule has 2 heterocycles. The number of para-hydroxylation sites is 1. The fourth-order valence-electron chi connectivity index (χ4n) is 2.83. The molecule has 0 radical (unpaired) electrons. The van der Waals surface area contributed by atoms with Gasteiger partial charge in [-0.25, -0.2) is 13.4 Å². The lowest BCUT2D eigenvalue weighted by atomic mass is 10.1. The van der Waals surface area contributed by atoms with E-state index in [1.807, 2.05) is 35.2 Å². The van der Waals surface area contributed by atoms with Gasteiger partial charge in [0, 0.05) is 10.4 Å². The quantitative estimate of drug-likeness (QED) is 0.348. The SMILES string of the molecule is Cc1onc(C(=O)NNS(=O)(=O)c2ccc(Cl)cc2)c1-c1csc(COc2ccccc2)n1. The van der Waals surface area contributed by atoms with E-state index in [-0.39, 0.29) is 17.2 Å². The highest BCUT2D eigenvalue weighted by Gasteiger charge is 2.25. The van der Waals surface area contributed by atoms with Gasteiger partial charge in [-0.15, -0.1) is 16.2 Å². The Hall–Kier alpha value is -3.25. The average Bonchev–Trinajstić information content (AvgIpc) is 3.43. The zero-order valence-corrected chi connectivity index (χ0v) is 19.5. The molecule has 0 spiro atoms. The first-order valence-corrected chi connectivity index (χ1v) is 12.2. The largest absolute Gasteiger partial charge is 0.486 e. The number of hydrogen-bond acceptors (Lipinski definition) is 8. The summed E-state index contributed by atoms with van der Waals surface area (Å²) in [6, 6.07) is 14.8. The van der Waals surface area contributed by atoms with E-state index < -0.39 is 15.9 Å². The molecule has 0 aliphatic rings. The Labute approximate surface area is 198 Å². The number of hydrogen-bond donors (Lipinski definition) is 2. The number of aryl methyl sites for hydroxylation is 1. The Balaban J connectivity index is 1.47. The highest BCUT2D eigenvalue weighted by molar-refractivity contribution is 7.89. The lowest BCUT2D eigenvalue weighted by Crippen LogP contribution is -2.41. The van der Waals surface area contributed by atoms with E-state index in [1.54, 1.807) is 12.3 Å². The number of carbonyl (C=O) groups is 1. The molecule has 170 valence electrons. The zero-order valence-electron chi connectivity index (χ0n) is 17.1. The molecule has 0 saturated carbocycles. The Kier molecular flexibility index (Phi) is 6.75. The van der Waals surface area contributed by atoms with Gasteiger partial charge >= 0.3 is 0 Å². The number of nitrogens with one attached hydrogen (secondary N) is 2. The van der Waals surface area contributed by atoms with Crippen LogP contribution < -0.4 is 15.0 Å². The molecule has 2 aromatic carbocycles. The van der Waals surface area contributed by atoms with Crippen molar-refractivity contribution in [2.24, 2.45) is 0 Å². The van der Waals surface area contributed by atoms with Crippen LogP contribution in [0.4, 0.5) is 0 Å². The number of hydrazine groups is 1. The van der Waals surface area contributed by atoms with E-state index in [2.05, 4.69) is 15.6 Å². The highest BCUT2D eigenvalue weighted by Crippen LogP contribution is 2.29. The van der Waals surface area contributed by atoms with Crippen LogP contribution in [-0.2, 0) is 16.6 Å². The van der Waals surface area contributed by atoms with Crippen LogP contribution in [0.5, 0.6) is 5.75 Å². The predicted octanol–water partition coefficient (Wildman–Crippen LogP) is 3.96. The van der Waals surface area contributed by atoms with Gasteiger partial charge in [-0.3, -0.25) is 10.2 Å². The Bertz CT molecular complexity index is 1370. The molecule has 0 atom stereocenters. The number of amides is 1. The first-order valence-electron chi connectivity index (χ1n) is 9.50.